The van der Waals surface area contributed by atoms with Crippen LogP contribution in [0.3, 0.4) is 0 Å². The lowest BCUT2D eigenvalue weighted by Gasteiger charge is -2.38. The highest BCUT2D eigenvalue weighted by Gasteiger charge is 2.32. The third kappa shape index (κ3) is 3.52. The van der Waals surface area contributed by atoms with Crippen LogP contribution < -0.4 is 4.90 Å². The first-order valence-electron chi connectivity index (χ1n) is 9.25. The predicted molar refractivity (Wildman–Crippen MR) is 96.3 cm³/mol. The normalized spacial score (nSPS) is 24.3. The minimum Gasteiger partial charge on any atom is -0.356 e. The lowest BCUT2D eigenvalue weighted by Crippen LogP contribution is -2.48. The number of piperidine rings is 2. The van der Waals surface area contributed by atoms with Crippen LogP contribution in [0.2, 0.25) is 0 Å². The first kappa shape index (κ1) is 16.1. The Labute approximate surface area is 148 Å². The van der Waals surface area contributed by atoms with Gasteiger partial charge in [-0.05, 0) is 43.9 Å². The van der Waals surface area contributed by atoms with E-state index in [1.54, 1.807) is 0 Å². The molecule has 1 amide bonds. The lowest BCUT2D eigenvalue weighted by molar-refractivity contribution is -0.137. The average Bonchev–Trinajstić information content (AvgIpc) is 3.23. The van der Waals surface area contributed by atoms with Gasteiger partial charge in [0.1, 0.15) is 5.82 Å². The number of nitrogens with zero attached hydrogens (tertiary/aromatic N) is 5. The molecule has 0 bridgehead atoms. The van der Waals surface area contributed by atoms with Crippen LogP contribution in [0, 0.1) is 5.92 Å². The second-order valence-corrected chi connectivity index (χ2v) is 7.04. The summed E-state index contributed by atoms with van der Waals surface area (Å²) < 4.78 is 2.00. The second kappa shape index (κ2) is 7.25. The SMILES string of the molecule is O=C([C@@H]1CCCN(c2ccccn2)C1)N1CCC[C@H](n2cccn2)C1. The van der Waals surface area contributed by atoms with Crippen molar-refractivity contribution in [2.45, 2.75) is 31.7 Å². The zero-order valence-corrected chi connectivity index (χ0v) is 14.5. The van der Waals surface area contributed by atoms with E-state index in [-0.39, 0.29) is 5.92 Å². The molecule has 25 heavy (non-hydrogen) atoms. The van der Waals surface area contributed by atoms with Crippen molar-refractivity contribution in [3.8, 4) is 0 Å². The molecule has 4 rings (SSSR count). The molecular formula is C19H25N5O. The molecule has 0 N–H and O–H groups in total. The Morgan fingerprint density at radius 2 is 1.96 bits per heavy atom. The molecule has 2 aliphatic rings. The molecule has 2 aliphatic heterocycles. The summed E-state index contributed by atoms with van der Waals surface area (Å²) >= 11 is 0. The number of pyridine rings is 1. The third-order valence-corrected chi connectivity index (χ3v) is 5.35. The molecule has 2 aromatic rings. The highest BCUT2D eigenvalue weighted by atomic mass is 16.2. The number of hydrogen-bond acceptors (Lipinski definition) is 4. The van der Waals surface area contributed by atoms with E-state index in [0.717, 1.165) is 57.7 Å². The first-order chi connectivity index (χ1) is 12.3. The van der Waals surface area contributed by atoms with Crippen molar-refractivity contribution in [1.82, 2.24) is 19.7 Å². The Morgan fingerprint density at radius 3 is 2.76 bits per heavy atom. The summed E-state index contributed by atoms with van der Waals surface area (Å²) in [6.07, 6.45) is 9.80. The van der Waals surface area contributed by atoms with E-state index < -0.39 is 0 Å². The number of aromatic nitrogens is 3. The third-order valence-electron chi connectivity index (χ3n) is 5.35. The van der Waals surface area contributed by atoms with Crippen LogP contribution >= 0.6 is 0 Å². The Kier molecular flexibility index (Phi) is 4.68. The van der Waals surface area contributed by atoms with Crippen LogP contribution in [0.1, 0.15) is 31.7 Å². The number of anilines is 1. The van der Waals surface area contributed by atoms with E-state index in [1.807, 2.05) is 47.5 Å². The Balaban J connectivity index is 1.41. The first-order valence-corrected chi connectivity index (χ1v) is 9.25. The molecule has 0 aromatic carbocycles. The number of amides is 1. The molecule has 2 saturated heterocycles. The van der Waals surface area contributed by atoms with Gasteiger partial charge in [-0.15, -0.1) is 0 Å². The van der Waals surface area contributed by atoms with Gasteiger partial charge in [0, 0.05) is 44.8 Å². The zero-order chi connectivity index (χ0) is 17.1. The molecule has 2 atom stereocenters. The van der Waals surface area contributed by atoms with Gasteiger partial charge in [-0.2, -0.15) is 5.10 Å². The quantitative estimate of drug-likeness (QED) is 0.861. The molecule has 2 aromatic heterocycles. The smallest absolute Gasteiger partial charge is 0.227 e. The fraction of sp³-hybridized carbons (Fsp3) is 0.526. The lowest BCUT2D eigenvalue weighted by atomic mass is 9.95. The molecule has 0 saturated carbocycles. The van der Waals surface area contributed by atoms with Gasteiger partial charge in [-0.1, -0.05) is 6.07 Å². The van der Waals surface area contributed by atoms with Gasteiger partial charge in [0.2, 0.25) is 5.91 Å². The fourth-order valence-corrected chi connectivity index (χ4v) is 4.05. The van der Waals surface area contributed by atoms with Gasteiger partial charge in [-0.25, -0.2) is 4.98 Å². The molecule has 4 heterocycles. The van der Waals surface area contributed by atoms with Crippen molar-refractivity contribution in [1.29, 1.82) is 0 Å². The number of rotatable bonds is 3. The minimum atomic E-state index is 0.0760. The molecule has 0 radical (unpaired) electrons. The van der Waals surface area contributed by atoms with Crippen molar-refractivity contribution in [2.24, 2.45) is 5.92 Å². The van der Waals surface area contributed by atoms with Crippen molar-refractivity contribution in [2.75, 3.05) is 31.1 Å². The summed E-state index contributed by atoms with van der Waals surface area (Å²) in [6, 6.07) is 8.23. The van der Waals surface area contributed by atoms with Crippen LogP contribution in [0.15, 0.2) is 42.9 Å². The van der Waals surface area contributed by atoms with E-state index in [1.165, 1.54) is 0 Å². The van der Waals surface area contributed by atoms with Crippen LogP contribution in [-0.4, -0.2) is 51.8 Å². The summed E-state index contributed by atoms with van der Waals surface area (Å²) in [5.41, 5.74) is 0. The molecule has 0 aliphatic carbocycles. The average molecular weight is 339 g/mol. The van der Waals surface area contributed by atoms with E-state index in [2.05, 4.69) is 19.9 Å². The number of likely N-dealkylation sites (tertiary alicyclic amines) is 1. The second-order valence-electron chi connectivity index (χ2n) is 7.04. The molecule has 6 nitrogen and oxygen atoms in total. The fourth-order valence-electron chi connectivity index (χ4n) is 4.05. The molecular weight excluding hydrogens is 314 g/mol. The van der Waals surface area contributed by atoms with Gasteiger partial charge >= 0.3 is 0 Å². The van der Waals surface area contributed by atoms with Crippen LogP contribution in [0.5, 0.6) is 0 Å². The monoisotopic (exact) mass is 339 g/mol. The van der Waals surface area contributed by atoms with Gasteiger partial charge < -0.3 is 9.80 Å². The molecule has 0 spiro atoms. The highest BCUT2D eigenvalue weighted by molar-refractivity contribution is 5.80. The van der Waals surface area contributed by atoms with Gasteiger partial charge in [0.05, 0.1) is 12.0 Å². The Morgan fingerprint density at radius 1 is 1.04 bits per heavy atom. The van der Waals surface area contributed by atoms with E-state index in [4.69, 9.17) is 0 Å². The maximum absolute atomic E-state index is 13.1. The van der Waals surface area contributed by atoms with Gasteiger partial charge in [0.15, 0.2) is 0 Å². The van der Waals surface area contributed by atoms with Crippen molar-refractivity contribution >= 4 is 11.7 Å². The summed E-state index contributed by atoms with van der Waals surface area (Å²) in [6.45, 7) is 3.41. The van der Waals surface area contributed by atoms with Crippen molar-refractivity contribution in [3.05, 3.63) is 42.9 Å². The van der Waals surface area contributed by atoms with Crippen LogP contribution in [0.25, 0.3) is 0 Å². The number of carbonyl (C=O) groups is 1. The van der Waals surface area contributed by atoms with Crippen molar-refractivity contribution < 1.29 is 4.79 Å². The zero-order valence-electron chi connectivity index (χ0n) is 14.5. The van der Waals surface area contributed by atoms with Gasteiger partial charge in [0.25, 0.3) is 0 Å². The summed E-state index contributed by atoms with van der Waals surface area (Å²) in [4.78, 5) is 21.8. The van der Waals surface area contributed by atoms with Gasteiger partial charge in [-0.3, -0.25) is 9.48 Å². The molecule has 2 fully saturated rings. The standard InChI is InChI=1S/C19H25N5O/c25-19(23-12-4-7-17(15-23)24-13-5-10-21-24)16-6-3-11-22(14-16)18-8-1-2-9-20-18/h1-2,5,8-10,13,16-17H,3-4,6-7,11-12,14-15H2/t16-,17+/m1/s1. The van der Waals surface area contributed by atoms with Crippen molar-refractivity contribution in [3.63, 3.8) is 0 Å². The van der Waals surface area contributed by atoms with E-state index in [9.17, 15) is 4.79 Å². The maximum atomic E-state index is 13.1. The largest absolute Gasteiger partial charge is 0.356 e. The minimum absolute atomic E-state index is 0.0760. The Hall–Kier alpha value is -2.37. The van der Waals surface area contributed by atoms with E-state index in [0.29, 0.717) is 11.9 Å². The van der Waals surface area contributed by atoms with E-state index >= 15 is 0 Å². The summed E-state index contributed by atoms with van der Waals surface area (Å²) in [5.74, 6) is 1.36. The topological polar surface area (TPSA) is 54.3 Å². The Bertz CT molecular complexity index is 687. The molecule has 0 unspecified atom stereocenters. The number of carbonyl (C=O) groups excluding carboxylic acids is 1. The summed E-state index contributed by atoms with van der Waals surface area (Å²) in [5, 5.41) is 4.36. The highest BCUT2D eigenvalue weighted by Crippen LogP contribution is 2.26. The van der Waals surface area contributed by atoms with Crippen LogP contribution in [-0.2, 0) is 4.79 Å². The molecule has 6 heteroatoms. The number of hydrogen-bond donors (Lipinski definition) is 0. The van der Waals surface area contributed by atoms with Crippen LogP contribution in [0.4, 0.5) is 5.82 Å². The molecule has 132 valence electrons. The summed E-state index contributed by atoms with van der Waals surface area (Å²) in [7, 11) is 0. The predicted octanol–water partition coefficient (Wildman–Crippen LogP) is 2.36. The maximum Gasteiger partial charge on any atom is 0.227 e.